The van der Waals surface area contributed by atoms with Gasteiger partial charge in [0.05, 0.1) is 23.7 Å². The number of sulfonamides is 1. The molecule has 0 saturated heterocycles. The van der Waals surface area contributed by atoms with Gasteiger partial charge in [-0.2, -0.15) is 4.31 Å². The molecule has 0 radical (unpaired) electrons. The molecule has 1 aromatic heterocycles. The first-order chi connectivity index (χ1) is 17.2. The van der Waals surface area contributed by atoms with Crippen molar-refractivity contribution in [2.45, 2.75) is 50.1 Å². The standard InChI is InChI=1S/C25H36N4O6S2/c1-24(2)15-18-19(21(26)30)23(36-20(18)25(3,4)28-24)27-22(31)16-7-9-17(10-8-16)37(32,33)29(11-13-34-5)12-14-35-6/h7-10,28H,11-15H2,1-6H3,(H2,26,30)(H,27,31). The van der Waals surface area contributed by atoms with E-state index < -0.39 is 27.4 Å². The minimum Gasteiger partial charge on any atom is -0.383 e. The lowest BCUT2D eigenvalue weighted by Crippen LogP contribution is -2.55. The quantitative estimate of drug-likeness (QED) is 0.389. The van der Waals surface area contributed by atoms with Gasteiger partial charge in [-0.05, 0) is 63.9 Å². The fourth-order valence-corrected chi connectivity index (χ4v) is 7.40. The van der Waals surface area contributed by atoms with Gasteiger partial charge < -0.3 is 25.8 Å². The molecular formula is C25H36N4O6S2. The molecule has 37 heavy (non-hydrogen) atoms. The van der Waals surface area contributed by atoms with E-state index in [2.05, 4.69) is 24.5 Å². The zero-order chi connectivity index (χ0) is 27.6. The number of thiophene rings is 1. The molecule has 0 unspecified atom stereocenters. The van der Waals surface area contributed by atoms with Crippen LogP contribution in [0.3, 0.4) is 0 Å². The highest BCUT2D eigenvalue weighted by molar-refractivity contribution is 7.89. The van der Waals surface area contributed by atoms with E-state index in [0.717, 1.165) is 10.4 Å². The Balaban J connectivity index is 1.87. The summed E-state index contributed by atoms with van der Waals surface area (Å²) in [4.78, 5) is 26.5. The maximum Gasteiger partial charge on any atom is 0.256 e. The van der Waals surface area contributed by atoms with Crippen molar-refractivity contribution in [3.05, 3.63) is 45.8 Å². The summed E-state index contributed by atoms with van der Waals surface area (Å²) < 4.78 is 37.6. The van der Waals surface area contributed by atoms with Crippen LogP contribution in [0.4, 0.5) is 5.00 Å². The smallest absolute Gasteiger partial charge is 0.256 e. The van der Waals surface area contributed by atoms with Crippen LogP contribution < -0.4 is 16.4 Å². The molecular weight excluding hydrogens is 516 g/mol. The summed E-state index contributed by atoms with van der Waals surface area (Å²) in [6, 6.07) is 5.67. The molecule has 0 atom stereocenters. The number of methoxy groups -OCH3 is 2. The number of nitrogens with one attached hydrogen (secondary N) is 2. The Hall–Kier alpha value is -2.35. The number of ether oxygens (including phenoxy) is 2. The second-order valence-corrected chi connectivity index (χ2v) is 13.1. The molecule has 10 nitrogen and oxygen atoms in total. The number of primary amides is 1. The molecule has 0 saturated carbocycles. The van der Waals surface area contributed by atoms with Crippen LogP contribution in [-0.2, 0) is 31.5 Å². The Morgan fingerprint density at radius 3 is 2.16 bits per heavy atom. The van der Waals surface area contributed by atoms with Gasteiger partial charge in [0.1, 0.15) is 5.00 Å². The van der Waals surface area contributed by atoms with E-state index in [1.165, 1.54) is 54.1 Å². The number of anilines is 1. The molecule has 2 heterocycles. The van der Waals surface area contributed by atoms with E-state index in [0.29, 0.717) is 17.0 Å². The van der Waals surface area contributed by atoms with Crippen molar-refractivity contribution in [1.29, 1.82) is 0 Å². The summed E-state index contributed by atoms with van der Waals surface area (Å²) in [5, 5.41) is 6.79. The number of amides is 2. The number of carbonyl (C=O) groups excluding carboxylic acids is 2. The highest BCUT2D eigenvalue weighted by Gasteiger charge is 2.41. The van der Waals surface area contributed by atoms with Gasteiger partial charge in [0, 0.05) is 48.8 Å². The van der Waals surface area contributed by atoms with Gasteiger partial charge in [-0.1, -0.05) is 0 Å². The Labute approximate surface area is 222 Å². The number of nitrogens with two attached hydrogens (primary N) is 1. The molecule has 2 aromatic rings. The van der Waals surface area contributed by atoms with Gasteiger partial charge in [-0.25, -0.2) is 8.42 Å². The second kappa shape index (κ2) is 11.2. The molecule has 1 aliphatic rings. The largest absolute Gasteiger partial charge is 0.383 e. The van der Waals surface area contributed by atoms with Crippen LogP contribution in [0.2, 0.25) is 0 Å². The lowest BCUT2D eigenvalue weighted by molar-refractivity contribution is 0.0999. The predicted octanol–water partition coefficient (Wildman–Crippen LogP) is 2.54. The predicted molar refractivity (Wildman–Crippen MR) is 144 cm³/mol. The summed E-state index contributed by atoms with van der Waals surface area (Å²) in [5.74, 6) is -1.07. The Kier molecular flexibility index (Phi) is 8.82. The van der Waals surface area contributed by atoms with E-state index in [1.807, 2.05) is 13.8 Å². The number of hydrogen-bond acceptors (Lipinski definition) is 8. The fraction of sp³-hybridized carbons (Fsp3) is 0.520. The first-order valence-electron chi connectivity index (χ1n) is 11.9. The van der Waals surface area contributed by atoms with Crippen LogP contribution in [0.25, 0.3) is 0 Å². The minimum atomic E-state index is -3.82. The maximum atomic E-state index is 13.1. The summed E-state index contributed by atoms with van der Waals surface area (Å²) >= 11 is 1.33. The van der Waals surface area contributed by atoms with Crippen molar-refractivity contribution in [2.75, 3.05) is 45.8 Å². The summed E-state index contributed by atoms with van der Waals surface area (Å²) in [6.45, 7) is 8.98. The van der Waals surface area contributed by atoms with Crippen molar-refractivity contribution < 1.29 is 27.5 Å². The third-order valence-electron chi connectivity index (χ3n) is 6.16. The van der Waals surface area contributed by atoms with Crippen LogP contribution in [0, 0.1) is 0 Å². The van der Waals surface area contributed by atoms with Crippen molar-refractivity contribution in [2.24, 2.45) is 5.73 Å². The van der Waals surface area contributed by atoms with Crippen LogP contribution in [0.15, 0.2) is 29.2 Å². The van der Waals surface area contributed by atoms with Crippen LogP contribution in [-0.4, -0.2) is 70.6 Å². The normalized spacial score (nSPS) is 16.4. The third kappa shape index (κ3) is 6.39. The van der Waals surface area contributed by atoms with Crippen molar-refractivity contribution in [3.8, 4) is 0 Å². The van der Waals surface area contributed by atoms with Gasteiger partial charge in [0.15, 0.2) is 0 Å². The fourth-order valence-electron chi connectivity index (χ4n) is 4.72. The molecule has 1 aliphatic heterocycles. The molecule has 2 amide bonds. The third-order valence-corrected chi connectivity index (χ3v) is 9.55. The van der Waals surface area contributed by atoms with E-state index >= 15 is 0 Å². The molecule has 0 spiro atoms. The van der Waals surface area contributed by atoms with Crippen molar-refractivity contribution >= 4 is 38.2 Å². The Morgan fingerprint density at radius 2 is 1.65 bits per heavy atom. The average molecular weight is 553 g/mol. The van der Waals surface area contributed by atoms with E-state index in [-0.39, 0.29) is 42.3 Å². The number of carbonyl (C=O) groups is 2. The molecule has 1 aromatic carbocycles. The first kappa shape index (κ1) is 29.2. The Morgan fingerprint density at radius 1 is 1.08 bits per heavy atom. The summed E-state index contributed by atoms with van der Waals surface area (Å²) in [7, 11) is -0.814. The molecule has 12 heteroatoms. The highest BCUT2D eigenvalue weighted by Crippen LogP contribution is 2.45. The molecule has 4 N–H and O–H groups in total. The van der Waals surface area contributed by atoms with Crippen molar-refractivity contribution in [1.82, 2.24) is 9.62 Å². The lowest BCUT2D eigenvalue weighted by atomic mass is 9.81. The molecule has 204 valence electrons. The highest BCUT2D eigenvalue weighted by atomic mass is 32.2. The van der Waals surface area contributed by atoms with E-state index in [1.54, 1.807) is 0 Å². The lowest BCUT2D eigenvalue weighted by Gasteiger charge is -2.42. The zero-order valence-corrected chi connectivity index (χ0v) is 23.8. The van der Waals surface area contributed by atoms with Gasteiger partial charge in [0.25, 0.3) is 11.8 Å². The number of fused-ring (bicyclic) bond motifs is 1. The first-order valence-corrected chi connectivity index (χ1v) is 14.1. The van der Waals surface area contributed by atoms with Crippen LogP contribution in [0.5, 0.6) is 0 Å². The SMILES string of the molecule is COCCN(CCOC)S(=O)(=O)c1ccc(C(=O)Nc2sc3c(c2C(N)=O)CC(C)(C)NC3(C)C)cc1. The van der Waals surface area contributed by atoms with E-state index in [4.69, 9.17) is 15.2 Å². The topological polar surface area (TPSA) is 140 Å². The van der Waals surface area contributed by atoms with Gasteiger partial charge in [-0.3, -0.25) is 9.59 Å². The molecule has 0 aliphatic carbocycles. The average Bonchev–Trinajstić information content (AvgIpc) is 3.16. The minimum absolute atomic E-state index is 0.0516. The van der Waals surface area contributed by atoms with Gasteiger partial charge in [0.2, 0.25) is 10.0 Å². The Bertz CT molecular complexity index is 1240. The van der Waals surface area contributed by atoms with Crippen molar-refractivity contribution in [3.63, 3.8) is 0 Å². The molecule has 0 bridgehead atoms. The summed E-state index contributed by atoms with van der Waals surface area (Å²) in [5.41, 5.74) is 6.49. The number of nitrogens with zero attached hydrogens (tertiary/aromatic N) is 1. The van der Waals surface area contributed by atoms with Gasteiger partial charge >= 0.3 is 0 Å². The number of benzene rings is 1. The van der Waals surface area contributed by atoms with Crippen LogP contribution >= 0.6 is 11.3 Å². The molecule has 3 rings (SSSR count). The number of hydrogen-bond donors (Lipinski definition) is 3. The zero-order valence-electron chi connectivity index (χ0n) is 22.1. The van der Waals surface area contributed by atoms with Gasteiger partial charge in [-0.15, -0.1) is 11.3 Å². The second-order valence-electron chi connectivity index (χ2n) is 10.2. The summed E-state index contributed by atoms with van der Waals surface area (Å²) in [6.07, 6.45) is 0.589. The monoisotopic (exact) mass is 552 g/mol. The maximum absolute atomic E-state index is 13.1. The molecule has 0 fully saturated rings. The van der Waals surface area contributed by atoms with E-state index in [9.17, 15) is 18.0 Å². The number of rotatable bonds is 11. The van der Waals surface area contributed by atoms with Crippen LogP contribution in [0.1, 0.15) is 58.9 Å².